The molecule has 0 heterocycles. The van der Waals surface area contributed by atoms with Crippen LogP contribution < -0.4 is 4.74 Å². The van der Waals surface area contributed by atoms with E-state index >= 15 is 0 Å². The van der Waals surface area contributed by atoms with E-state index in [1.165, 1.54) is 11.1 Å². The van der Waals surface area contributed by atoms with E-state index in [-0.39, 0.29) is 0 Å². The predicted octanol–water partition coefficient (Wildman–Crippen LogP) is 4.01. The van der Waals surface area contributed by atoms with Crippen molar-refractivity contribution in [3.05, 3.63) is 60.7 Å². The number of ether oxygens (including phenoxy) is 1. The minimum absolute atomic E-state index is 0.875. The normalized spacial score (nSPS) is 9.81. The first-order valence-corrected chi connectivity index (χ1v) is 5.21. The van der Waals surface area contributed by atoms with E-state index in [1.54, 1.807) is 7.11 Å². The Morgan fingerprint density at radius 1 is 1.00 bits per heavy atom. The first-order chi connectivity index (χ1) is 7.85. The van der Waals surface area contributed by atoms with Crippen molar-refractivity contribution in [3.63, 3.8) is 0 Å². The molecule has 2 rings (SSSR count). The van der Waals surface area contributed by atoms with Crippen molar-refractivity contribution >= 4 is 6.08 Å². The number of hydrogen-bond donors (Lipinski definition) is 0. The van der Waals surface area contributed by atoms with Gasteiger partial charge in [-0.2, -0.15) is 0 Å². The van der Waals surface area contributed by atoms with E-state index in [2.05, 4.69) is 30.8 Å². The van der Waals surface area contributed by atoms with Crippen LogP contribution in [0.15, 0.2) is 55.1 Å². The summed E-state index contributed by atoms with van der Waals surface area (Å²) < 4.78 is 5.14. The molecule has 0 aliphatic heterocycles. The minimum atomic E-state index is 0.875. The van der Waals surface area contributed by atoms with Gasteiger partial charge in [0.1, 0.15) is 5.75 Å². The molecule has 0 amide bonds. The van der Waals surface area contributed by atoms with Crippen LogP contribution in [-0.2, 0) is 0 Å². The molecule has 0 aliphatic carbocycles. The molecular formula is C15H14O. The second-order valence-electron chi connectivity index (χ2n) is 3.52. The van der Waals surface area contributed by atoms with Gasteiger partial charge in [-0.25, -0.2) is 0 Å². The Kier molecular flexibility index (Phi) is 3.06. The first-order valence-electron chi connectivity index (χ1n) is 5.21. The summed E-state index contributed by atoms with van der Waals surface area (Å²) in [4.78, 5) is 0. The van der Waals surface area contributed by atoms with E-state index in [0.29, 0.717) is 0 Å². The summed E-state index contributed by atoms with van der Waals surface area (Å²) in [7, 11) is 1.67. The fraction of sp³-hybridized carbons (Fsp3) is 0.0667. The summed E-state index contributed by atoms with van der Waals surface area (Å²) in [6, 6.07) is 16.3. The molecule has 0 saturated heterocycles. The van der Waals surface area contributed by atoms with E-state index in [0.717, 1.165) is 11.3 Å². The molecule has 0 saturated carbocycles. The average molecular weight is 210 g/mol. The first kappa shape index (κ1) is 10.5. The van der Waals surface area contributed by atoms with Crippen molar-refractivity contribution in [2.24, 2.45) is 0 Å². The van der Waals surface area contributed by atoms with Gasteiger partial charge in [-0.05, 0) is 28.8 Å². The van der Waals surface area contributed by atoms with Gasteiger partial charge in [0.2, 0.25) is 0 Å². The summed E-state index contributed by atoms with van der Waals surface area (Å²) in [5, 5.41) is 0. The van der Waals surface area contributed by atoms with Crippen LogP contribution in [0, 0.1) is 0 Å². The van der Waals surface area contributed by atoms with Gasteiger partial charge in [-0.3, -0.25) is 0 Å². The third-order valence-corrected chi connectivity index (χ3v) is 2.58. The highest BCUT2D eigenvalue weighted by molar-refractivity contribution is 5.74. The zero-order valence-electron chi connectivity index (χ0n) is 9.31. The molecule has 16 heavy (non-hydrogen) atoms. The fourth-order valence-electron chi connectivity index (χ4n) is 1.71. The van der Waals surface area contributed by atoms with Crippen molar-refractivity contribution in [3.8, 4) is 16.9 Å². The Labute approximate surface area is 96.0 Å². The van der Waals surface area contributed by atoms with Crippen LogP contribution in [0.3, 0.4) is 0 Å². The largest absolute Gasteiger partial charge is 0.497 e. The molecule has 80 valence electrons. The number of benzene rings is 2. The molecular weight excluding hydrogens is 196 g/mol. The topological polar surface area (TPSA) is 9.23 Å². The molecule has 0 fully saturated rings. The van der Waals surface area contributed by atoms with Gasteiger partial charge in [0, 0.05) is 0 Å². The molecule has 0 unspecified atom stereocenters. The summed E-state index contributed by atoms with van der Waals surface area (Å²) in [6.07, 6.45) is 1.87. The monoisotopic (exact) mass is 210 g/mol. The molecule has 2 aromatic carbocycles. The van der Waals surface area contributed by atoms with Gasteiger partial charge in [0.05, 0.1) is 7.11 Å². The molecule has 0 aliphatic rings. The molecule has 0 spiro atoms. The highest BCUT2D eigenvalue weighted by atomic mass is 16.5. The van der Waals surface area contributed by atoms with Crippen molar-refractivity contribution in [2.45, 2.75) is 0 Å². The van der Waals surface area contributed by atoms with Gasteiger partial charge >= 0.3 is 0 Å². The van der Waals surface area contributed by atoms with Gasteiger partial charge < -0.3 is 4.74 Å². The molecule has 1 nitrogen and oxygen atoms in total. The second-order valence-corrected chi connectivity index (χ2v) is 3.52. The van der Waals surface area contributed by atoms with E-state index < -0.39 is 0 Å². The second kappa shape index (κ2) is 4.67. The zero-order chi connectivity index (χ0) is 11.4. The van der Waals surface area contributed by atoms with Crippen LogP contribution in [0.5, 0.6) is 5.75 Å². The maximum absolute atomic E-state index is 5.14. The van der Waals surface area contributed by atoms with Crippen LogP contribution >= 0.6 is 0 Å². The summed E-state index contributed by atoms with van der Waals surface area (Å²) >= 11 is 0. The third-order valence-electron chi connectivity index (χ3n) is 2.58. The lowest BCUT2D eigenvalue weighted by Gasteiger charge is -2.06. The zero-order valence-corrected chi connectivity index (χ0v) is 9.31. The molecule has 0 atom stereocenters. The van der Waals surface area contributed by atoms with Crippen molar-refractivity contribution in [2.75, 3.05) is 7.11 Å². The number of rotatable bonds is 3. The third kappa shape index (κ3) is 1.98. The fourth-order valence-corrected chi connectivity index (χ4v) is 1.71. The molecule has 0 aromatic heterocycles. The van der Waals surface area contributed by atoms with Gasteiger partial charge in [0.25, 0.3) is 0 Å². The van der Waals surface area contributed by atoms with Crippen LogP contribution in [0.25, 0.3) is 17.2 Å². The van der Waals surface area contributed by atoms with E-state index in [1.807, 2.05) is 30.3 Å². The van der Waals surface area contributed by atoms with E-state index in [4.69, 9.17) is 4.74 Å². The lowest BCUT2D eigenvalue weighted by molar-refractivity contribution is 0.415. The summed E-state index contributed by atoms with van der Waals surface area (Å²) in [6.45, 7) is 3.83. The average Bonchev–Trinajstić information content (AvgIpc) is 2.39. The Hall–Kier alpha value is -2.02. The lowest BCUT2D eigenvalue weighted by Crippen LogP contribution is -1.84. The summed E-state index contributed by atoms with van der Waals surface area (Å²) in [5.41, 5.74) is 3.52. The summed E-state index contributed by atoms with van der Waals surface area (Å²) in [5.74, 6) is 0.875. The molecule has 1 heteroatoms. The SMILES string of the molecule is C=Cc1ccccc1-c1ccc(OC)cc1. The molecule has 2 aromatic rings. The van der Waals surface area contributed by atoms with Gasteiger partial charge in [0.15, 0.2) is 0 Å². The highest BCUT2D eigenvalue weighted by Gasteiger charge is 2.01. The van der Waals surface area contributed by atoms with Crippen molar-refractivity contribution in [1.29, 1.82) is 0 Å². The van der Waals surface area contributed by atoms with E-state index in [9.17, 15) is 0 Å². The number of hydrogen-bond acceptors (Lipinski definition) is 1. The Balaban J connectivity index is 2.46. The minimum Gasteiger partial charge on any atom is -0.497 e. The van der Waals surface area contributed by atoms with Gasteiger partial charge in [-0.1, -0.05) is 49.1 Å². The Morgan fingerprint density at radius 3 is 2.31 bits per heavy atom. The molecule has 0 bridgehead atoms. The van der Waals surface area contributed by atoms with Crippen molar-refractivity contribution < 1.29 is 4.74 Å². The van der Waals surface area contributed by atoms with Crippen LogP contribution in [-0.4, -0.2) is 7.11 Å². The maximum Gasteiger partial charge on any atom is 0.118 e. The smallest absolute Gasteiger partial charge is 0.118 e. The maximum atomic E-state index is 5.14. The Bertz CT molecular complexity index is 483. The van der Waals surface area contributed by atoms with Crippen LogP contribution in [0.4, 0.5) is 0 Å². The quantitative estimate of drug-likeness (QED) is 0.743. The lowest BCUT2D eigenvalue weighted by atomic mass is 10.00. The molecule has 0 radical (unpaired) electrons. The Morgan fingerprint density at radius 2 is 1.69 bits per heavy atom. The van der Waals surface area contributed by atoms with Crippen LogP contribution in [0.2, 0.25) is 0 Å². The molecule has 0 N–H and O–H groups in total. The predicted molar refractivity (Wildman–Crippen MR) is 68.5 cm³/mol. The standard InChI is InChI=1S/C15H14O/c1-3-12-6-4-5-7-15(12)13-8-10-14(16-2)11-9-13/h3-11H,1H2,2H3. The van der Waals surface area contributed by atoms with Gasteiger partial charge in [-0.15, -0.1) is 0 Å². The number of methoxy groups -OCH3 is 1. The van der Waals surface area contributed by atoms with Crippen molar-refractivity contribution in [1.82, 2.24) is 0 Å². The highest BCUT2D eigenvalue weighted by Crippen LogP contribution is 2.26. The van der Waals surface area contributed by atoms with Crippen LogP contribution in [0.1, 0.15) is 5.56 Å².